The molecule has 2 saturated heterocycles. The fraction of sp³-hybridized carbons (Fsp3) is 1.00. The summed E-state index contributed by atoms with van der Waals surface area (Å²) in [7, 11) is 0. The lowest BCUT2D eigenvalue weighted by molar-refractivity contribution is -0.109. The summed E-state index contributed by atoms with van der Waals surface area (Å²) in [6, 6.07) is 0. The molecule has 1 atom stereocenters. The molecule has 100 valence electrons. The molecule has 0 amide bonds. The Morgan fingerprint density at radius 3 is 2.41 bits per heavy atom. The van der Waals surface area contributed by atoms with Crippen molar-refractivity contribution in [1.29, 1.82) is 0 Å². The van der Waals surface area contributed by atoms with Gasteiger partial charge in [-0.2, -0.15) is 0 Å². The molecule has 0 aromatic heterocycles. The van der Waals surface area contributed by atoms with Crippen LogP contribution in [0.25, 0.3) is 0 Å². The van der Waals surface area contributed by atoms with Gasteiger partial charge in [0.1, 0.15) is 0 Å². The zero-order chi connectivity index (χ0) is 12.5. The van der Waals surface area contributed by atoms with Crippen molar-refractivity contribution in [3.05, 3.63) is 0 Å². The third kappa shape index (κ3) is 3.43. The second-order valence-corrected chi connectivity index (χ2v) is 6.85. The summed E-state index contributed by atoms with van der Waals surface area (Å²) in [5.41, 5.74) is -0.00684. The molecule has 0 aromatic carbocycles. The highest BCUT2D eigenvalue weighted by atomic mass is 16.5. The average Bonchev–Trinajstić information content (AvgIpc) is 2.14. The number of hydrogen-bond donors (Lipinski definition) is 1. The Morgan fingerprint density at radius 1 is 1.29 bits per heavy atom. The minimum absolute atomic E-state index is 0.520. The van der Waals surface area contributed by atoms with Gasteiger partial charge in [0.2, 0.25) is 0 Å². The molecule has 1 spiro atoms. The largest absolute Gasteiger partial charge is 0.389 e. The SMILES string of the molecule is CC(C)CC(C)(O)CN1CC2(CCOCC2)C1. The van der Waals surface area contributed by atoms with Crippen molar-refractivity contribution in [2.24, 2.45) is 11.3 Å². The first-order chi connectivity index (χ1) is 7.91. The Balaban J connectivity index is 1.76. The lowest BCUT2D eigenvalue weighted by Gasteiger charge is -2.54. The van der Waals surface area contributed by atoms with Crippen LogP contribution in [0.5, 0.6) is 0 Å². The first-order valence-electron chi connectivity index (χ1n) is 6.93. The van der Waals surface area contributed by atoms with Gasteiger partial charge in [-0.25, -0.2) is 0 Å². The number of nitrogens with zero attached hydrogens (tertiary/aromatic N) is 1. The Morgan fingerprint density at radius 2 is 1.88 bits per heavy atom. The maximum atomic E-state index is 10.3. The van der Waals surface area contributed by atoms with E-state index in [0.717, 1.165) is 39.3 Å². The van der Waals surface area contributed by atoms with Gasteiger partial charge in [-0.05, 0) is 32.1 Å². The molecule has 0 radical (unpaired) electrons. The number of likely N-dealkylation sites (tertiary alicyclic amines) is 1. The average molecular weight is 241 g/mol. The number of β-amino-alcohol motifs (C(OH)–C–C–N with tert-alkyl or cyclic N) is 1. The van der Waals surface area contributed by atoms with Crippen LogP contribution < -0.4 is 0 Å². The van der Waals surface area contributed by atoms with Gasteiger partial charge in [0.15, 0.2) is 0 Å². The number of ether oxygens (including phenoxy) is 1. The predicted octanol–water partition coefficient (Wildman–Crippen LogP) is 1.90. The molecule has 2 rings (SSSR count). The number of rotatable bonds is 4. The van der Waals surface area contributed by atoms with Crippen molar-refractivity contribution >= 4 is 0 Å². The fourth-order valence-corrected chi connectivity index (χ4v) is 3.56. The Labute approximate surface area is 105 Å². The molecule has 3 nitrogen and oxygen atoms in total. The van der Waals surface area contributed by atoms with Crippen molar-refractivity contribution in [3.8, 4) is 0 Å². The minimum atomic E-state index is -0.527. The highest BCUT2D eigenvalue weighted by Gasteiger charge is 2.45. The number of hydrogen-bond acceptors (Lipinski definition) is 3. The highest BCUT2D eigenvalue weighted by molar-refractivity contribution is 4.98. The van der Waals surface area contributed by atoms with Crippen molar-refractivity contribution in [3.63, 3.8) is 0 Å². The van der Waals surface area contributed by atoms with E-state index in [2.05, 4.69) is 18.7 Å². The smallest absolute Gasteiger partial charge is 0.0748 e. The van der Waals surface area contributed by atoms with Crippen molar-refractivity contribution in [2.75, 3.05) is 32.8 Å². The molecular formula is C14H27NO2. The van der Waals surface area contributed by atoms with E-state index in [4.69, 9.17) is 4.74 Å². The topological polar surface area (TPSA) is 32.7 Å². The van der Waals surface area contributed by atoms with Crippen LogP contribution in [-0.4, -0.2) is 48.5 Å². The molecular weight excluding hydrogens is 214 g/mol. The second kappa shape index (κ2) is 4.87. The predicted molar refractivity (Wildman–Crippen MR) is 69.0 cm³/mol. The van der Waals surface area contributed by atoms with E-state index in [0.29, 0.717) is 11.3 Å². The van der Waals surface area contributed by atoms with E-state index < -0.39 is 5.60 Å². The zero-order valence-corrected chi connectivity index (χ0v) is 11.5. The molecule has 2 heterocycles. The molecule has 1 unspecified atom stereocenters. The maximum Gasteiger partial charge on any atom is 0.0748 e. The van der Waals surface area contributed by atoms with Crippen LogP contribution >= 0.6 is 0 Å². The van der Waals surface area contributed by atoms with Gasteiger partial charge in [-0.3, -0.25) is 4.90 Å². The van der Waals surface area contributed by atoms with Gasteiger partial charge in [0, 0.05) is 38.3 Å². The van der Waals surface area contributed by atoms with Gasteiger partial charge in [-0.1, -0.05) is 13.8 Å². The minimum Gasteiger partial charge on any atom is -0.389 e. The summed E-state index contributed by atoms with van der Waals surface area (Å²) in [6.07, 6.45) is 3.30. The van der Waals surface area contributed by atoms with Gasteiger partial charge in [0.05, 0.1) is 5.60 Å². The molecule has 1 N–H and O–H groups in total. The van der Waals surface area contributed by atoms with Crippen molar-refractivity contribution < 1.29 is 9.84 Å². The second-order valence-electron chi connectivity index (χ2n) is 6.85. The van der Waals surface area contributed by atoms with Crippen LogP contribution in [-0.2, 0) is 4.74 Å². The van der Waals surface area contributed by atoms with Crippen LogP contribution in [0.15, 0.2) is 0 Å². The standard InChI is InChI=1S/C14H27NO2/c1-12(2)8-13(3,16)9-15-10-14(11-15)4-6-17-7-5-14/h12,16H,4-11H2,1-3H3. The molecule has 2 aliphatic rings. The van der Waals surface area contributed by atoms with Crippen LogP contribution in [0.4, 0.5) is 0 Å². The van der Waals surface area contributed by atoms with Crippen molar-refractivity contribution in [1.82, 2.24) is 4.90 Å². The van der Waals surface area contributed by atoms with Crippen LogP contribution in [0.1, 0.15) is 40.0 Å². The van der Waals surface area contributed by atoms with Gasteiger partial charge in [0.25, 0.3) is 0 Å². The zero-order valence-electron chi connectivity index (χ0n) is 11.5. The maximum absolute atomic E-state index is 10.3. The molecule has 0 aliphatic carbocycles. The summed E-state index contributed by atoms with van der Waals surface area (Å²) in [4.78, 5) is 2.41. The third-order valence-electron chi connectivity index (χ3n) is 4.08. The molecule has 0 bridgehead atoms. The highest BCUT2D eigenvalue weighted by Crippen LogP contribution is 2.40. The van der Waals surface area contributed by atoms with Gasteiger partial charge < -0.3 is 9.84 Å². The van der Waals surface area contributed by atoms with Crippen LogP contribution in [0.3, 0.4) is 0 Å². The molecule has 0 aromatic rings. The lowest BCUT2D eigenvalue weighted by atomic mass is 9.73. The molecule has 3 heteroatoms. The van der Waals surface area contributed by atoms with Crippen molar-refractivity contribution in [2.45, 2.75) is 45.6 Å². The molecule has 2 fully saturated rings. The Hall–Kier alpha value is -0.120. The summed E-state index contributed by atoms with van der Waals surface area (Å²) >= 11 is 0. The summed E-state index contributed by atoms with van der Waals surface area (Å²) in [5.74, 6) is 0.559. The van der Waals surface area contributed by atoms with Crippen LogP contribution in [0, 0.1) is 11.3 Å². The van der Waals surface area contributed by atoms with E-state index in [1.54, 1.807) is 0 Å². The Bertz CT molecular complexity index is 249. The third-order valence-corrected chi connectivity index (χ3v) is 4.08. The van der Waals surface area contributed by atoms with E-state index in [1.165, 1.54) is 12.8 Å². The first-order valence-corrected chi connectivity index (χ1v) is 6.93. The first kappa shape index (κ1) is 13.3. The summed E-state index contributed by atoms with van der Waals surface area (Å²) < 4.78 is 5.42. The monoisotopic (exact) mass is 241 g/mol. The van der Waals surface area contributed by atoms with E-state index in [9.17, 15) is 5.11 Å². The summed E-state index contributed by atoms with van der Waals surface area (Å²) in [6.45, 7) is 11.3. The molecule has 2 aliphatic heterocycles. The van der Waals surface area contributed by atoms with Gasteiger partial charge >= 0.3 is 0 Å². The Kier molecular flexibility index (Phi) is 3.81. The normalized spacial score (nSPS) is 28.1. The summed E-state index contributed by atoms with van der Waals surface area (Å²) in [5, 5.41) is 10.3. The lowest BCUT2D eigenvalue weighted by Crippen LogP contribution is -2.61. The van der Waals surface area contributed by atoms with E-state index in [-0.39, 0.29) is 0 Å². The number of aliphatic hydroxyl groups is 1. The van der Waals surface area contributed by atoms with E-state index in [1.807, 2.05) is 6.92 Å². The molecule has 0 saturated carbocycles. The van der Waals surface area contributed by atoms with Gasteiger partial charge in [-0.15, -0.1) is 0 Å². The quantitative estimate of drug-likeness (QED) is 0.816. The van der Waals surface area contributed by atoms with E-state index >= 15 is 0 Å². The fourth-order valence-electron chi connectivity index (χ4n) is 3.56. The molecule has 17 heavy (non-hydrogen) atoms. The van der Waals surface area contributed by atoms with Crippen LogP contribution in [0.2, 0.25) is 0 Å².